The van der Waals surface area contributed by atoms with Gasteiger partial charge in [-0.15, -0.1) is 0 Å². The van der Waals surface area contributed by atoms with Gasteiger partial charge in [0.2, 0.25) is 0 Å². The van der Waals surface area contributed by atoms with Gasteiger partial charge in [-0.05, 0) is 134 Å². The van der Waals surface area contributed by atoms with E-state index in [4.69, 9.17) is 5.73 Å². The maximum Gasteiger partial charge on any atom is 0.142 e. The van der Waals surface area contributed by atoms with Gasteiger partial charge in [0.1, 0.15) is 7.85 Å². The van der Waals surface area contributed by atoms with Gasteiger partial charge in [0.15, 0.2) is 0 Å². The third-order valence-corrected chi connectivity index (χ3v) is 13.6. The number of hydrogen-bond acceptors (Lipinski definition) is 2. The Morgan fingerprint density at radius 3 is 2.07 bits per heavy atom. The maximum absolute atomic E-state index is 7.17. The number of fused-ring (bicyclic) bond motifs is 12. The first-order valence-corrected chi connectivity index (χ1v) is 20.6. The van der Waals surface area contributed by atoms with Gasteiger partial charge in [-0.1, -0.05) is 145 Å². The predicted octanol–water partition coefficient (Wildman–Crippen LogP) is 11.6. The van der Waals surface area contributed by atoms with Crippen molar-refractivity contribution in [1.82, 2.24) is 0 Å². The Bertz CT molecular complexity index is 2960. The van der Waals surface area contributed by atoms with Crippen LogP contribution in [0, 0.1) is 0 Å². The number of benzene rings is 7. The number of nitrogens with two attached hydrogens (primary N) is 1. The Morgan fingerprint density at radius 1 is 0.596 bits per heavy atom. The van der Waals surface area contributed by atoms with Crippen LogP contribution in [-0.2, 0) is 11.8 Å². The van der Waals surface area contributed by atoms with Gasteiger partial charge in [0.05, 0.1) is 16.8 Å². The molecule has 2 nitrogen and oxygen atoms in total. The summed E-state index contributed by atoms with van der Waals surface area (Å²) in [6.45, 7) is 0. The monoisotopic (exact) mass is 728 g/mol. The van der Waals surface area contributed by atoms with E-state index >= 15 is 0 Å². The summed E-state index contributed by atoms with van der Waals surface area (Å²) < 4.78 is 0. The molecule has 270 valence electrons. The van der Waals surface area contributed by atoms with Crippen molar-refractivity contribution in [2.75, 3.05) is 10.6 Å². The molecule has 0 spiro atoms. The van der Waals surface area contributed by atoms with Gasteiger partial charge in [-0.25, -0.2) is 0 Å². The number of nitrogens with zero attached hydrogens (tertiary/aromatic N) is 1. The van der Waals surface area contributed by atoms with Gasteiger partial charge in [0.25, 0.3) is 0 Å². The lowest BCUT2D eigenvalue weighted by atomic mass is 9.61. The molecule has 0 aromatic heterocycles. The predicted molar refractivity (Wildman–Crippen MR) is 243 cm³/mol. The molecule has 3 heteroatoms. The van der Waals surface area contributed by atoms with Gasteiger partial charge < -0.3 is 10.6 Å². The molecule has 2 aliphatic heterocycles. The molecular weight excluding hydrogens is 687 g/mol. The van der Waals surface area contributed by atoms with Crippen LogP contribution in [0.15, 0.2) is 169 Å². The smallest absolute Gasteiger partial charge is 0.142 e. The van der Waals surface area contributed by atoms with E-state index in [1.165, 1.54) is 106 Å². The summed E-state index contributed by atoms with van der Waals surface area (Å²) in [5, 5.41) is 2.40. The zero-order chi connectivity index (χ0) is 37.8. The molecule has 5 aliphatic rings. The average Bonchev–Trinajstić information content (AvgIpc) is 3.63. The molecule has 3 aliphatic carbocycles. The second kappa shape index (κ2) is 12.2. The fourth-order valence-electron chi connectivity index (χ4n) is 11.3. The topological polar surface area (TPSA) is 29.3 Å². The van der Waals surface area contributed by atoms with Crippen LogP contribution in [0.1, 0.15) is 75.8 Å². The number of para-hydroxylation sites is 2. The van der Waals surface area contributed by atoms with Crippen LogP contribution in [0.3, 0.4) is 0 Å². The molecule has 7 aromatic carbocycles. The Kier molecular flexibility index (Phi) is 6.99. The van der Waals surface area contributed by atoms with Crippen molar-refractivity contribution < 1.29 is 0 Å². The SMILES string of the molecule is Bc1c2cc3c(c1C1=CCCC(c4cc5ccccc5cc4N)=C1c1cccc4c1N2c1ccccc1C4(c1ccccc1)c1ccccc1)C1=C(C=CCC1)C3. The summed E-state index contributed by atoms with van der Waals surface area (Å²) in [6, 6.07) is 54.5. The molecule has 0 unspecified atom stereocenters. The van der Waals surface area contributed by atoms with Crippen LogP contribution in [0.5, 0.6) is 0 Å². The molecule has 0 atom stereocenters. The van der Waals surface area contributed by atoms with Gasteiger partial charge >= 0.3 is 0 Å². The summed E-state index contributed by atoms with van der Waals surface area (Å²) in [5.74, 6) is 0. The quantitative estimate of drug-likeness (QED) is 0.145. The molecule has 57 heavy (non-hydrogen) atoms. The normalized spacial score (nSPS) is 16.9. The van der Waals surface area contributed by atoms with Crippen molar-refractivity contribution in [1.29, 1.82) is 0 Å². The van der Waals surface area contributed by atoms with Crippen molar-refractivity contribution in [3.8, 4) is 0 Å². The van der Waals surface area contributed by atoms with E-state index in [2.05, 4.69) is 177 Å². The molecule has 7 aromatic rings. The fourth-order valence-corrected chi connectivity index (χ4v) is 11.3. The first-order chi connectivity index (χ1) is 28.1. The van der Waals surface area contributed by atoms with E-state index in [1.54, 1.807) is 0 Å². The Morgan fingerprint density at radius 2 is 1.28 bits per heavy atom. The van der Waals surface area contributed by atoms with Crippen LogP contribution in [0.4, 0.5) is 22.7 Å². The van der Waals surface area contributed by atoms with Crippen molar-refractivity contribution in [3.63, 3.8) is 0 Å². The molecular formula is C54H41BN2. The average molecular weight is 729 g/mol. The van der Waals surface area contributed by atoms with E-state index in [0.717, 1.165) is 43.4 Å². The van der Waals surface area contributed by atoms with Crippen LogP contribution >= 0.6 is 0 Å². The molecule has 0 radical (unpaired) electrons. The molecule has 0 saturated heterocycles. The minimum atomic E-state index is -0.569. The number of nitrogen functional groups attached to an aromatic ring is 1. The second-order valence-electron chi connectivity index (χ2n) is 16.4. The molecule has 12 rings (SSSR count). The van der Waals surface area contributed by atoms with Crippen LogP contribution in [0.25, 0.3) is 33.1 Å². The molecule has 0 amide bonds. The summed E-state index contributed by atoms with van der Waals surface area (Å²) in [7, 11) is 2.39. The molecule has 0 fully saturated rings. The van der Waals surface area contributed by atoms with Crippen molar-refractivity contribution in [3.05, 3.63) is 219 Å². The third-order valence-electron chi connectivity index (χ3n) is 13.6. The maximum atomic E-state index is 7.17. The lowest BCUT2D eigenvalue weighted by molar-refractivity contribution is 0.730. The number of anilines is 4. The van der Waals surface area contributed by atoms with Crippen molar-refractivity contribution in [2.45, 2.75) is 37.5 Å². The number of allylic oxidation sites excluding steroid dienone is 8. The van der Waals surface area contributed by atoms with E-state index < -0.39 is 5.41 Å². The first kappa shape index (κ1) is 32.6. The van der Waals surface area contributed by atoms with Gasteiger partial charge in [-0.2, -0.15) is 0 Å². The van der Waals surface area contributed by atoms with Crippen molar-refractivity contribution >= 4 is 69.1 Å². The van der Waals surface area contributed by atoms with Crippen molar-refractivity contribution in [2.24, 2.45) is 0 Å². The molecule has 2 N–H and O–H groups in total. The van der Waals surface area contributed by atoms with E-state index in [0.29, 0.717) is 0 Å². The lowest BCUT2D eigenvalue weighted by Crippen LogP contribution is -2.40. The minimum Gasteiger partial charge on any atom is -0.398 e. The highest BCUT2D eigenvalue weighted by atomic mass is 15.2. The van der Waals surface area contributed by atoms with Gasteiger partial charge in [0, 0.05) is 22.5 Å². The molecule has 2 heterocycles. The minimum absolute atomic E-state index is 0.569. The standard InChI is InChI=1S/C54H41BN2/c55-52-48-32-36-29-35-17-9-10-22-39(35)49(36)51(52)41-24-13-23-40(43-30-33-15-7-8-16-34(33)31-46(43)56)50(41)42-25-14-27-45-53(42)57(48)47-28-12-11-26-44(47)54(45,37-18-3-1-4-19-37)38-20-5-2-6-21-38/h1-9,11-12,14-21,24-28,30-32H,10,13,22-23,29,55-56H2. The highest BCUT2D eigenvalue weighted by molar-refractivity contribution is 6.42. The highest BCUT2D eigenvalue weighted by Crippen LogP contribution is 2.62. The van der Waals surface area contributed by atoms with Crippen LogP contribution < -0.4 is 16.1 Å². The summed E-state index contributed by atoms with van der Waals surface area (Å²) in [4.78, 5) is 2.65. The zero-order valence-corrected chi connectivity index (χ0v) is 32.1. The van der Waals surface area contributed by atoms with Crippen LogP contribution in [-0.4, -0.2) is 7.85 Å². The zero-order valence-electron chi connectivity index (χ0n) is 32.1. The third kappa shape index (κ3) is 4.43. The number of hydrogen-bond donors (Lipinski definition) is 1. The van der Waals surface area contributed by atoms with Gasteiger partial charge in [-0.3, -0.25) is 0 Å². The molecule has 2 bridgehead atoms. The first-order valence-electron chi connectivity index (χ1n) is 20.6. The van der Waals surface area contributed by atoms with E-state index in [9.17, 15) is 0 Å². The summed E-state index contributed by atoms with van der Waals surface area (Å²) in [6.07, 6.45) is 12.4. The van der Waals surface area contributed by atoms with Crippen LogP contribution in [0.2, 0.25) is 0 Å². The molecule has 0 saturated carbocycles. The Hall–Kier alpha value is -6.58. The largest absolute Gasteiger partial charge is 0.398 e. The Balaban J connectivity index is 1.28. The lowest BCUT2D eigenvalue weighted by Gasteiger charge is -2.49. The second-order valence-corrected chi connectivity index (χ2v) is 16.4. The van der Waals surface area contributed by atoms with E-state index in [-0.39, 0.29) is 0 Å². The Labute approximate surface area is 335 Å². The summed E-state index contributed by atoms with van der Waals surface area (Å²) in [5.41, 5.74) is 31.5. The number of rotatable bonds is 3. The highest BCUT2D eigenvalue weighted by Gasteiger charge is 2.49. The summed E-state index contributed by atoms with van der Waals surface area (Å²) >= 11 is 0. The van der Waals surface area contributed by atoms with E-state index in [1.807, 2.05) is 0 Å². The fraction of sp³-hybridized carbons (Fsp3) is 0.111.